The third kappa shape index (κ3) is 4.25. The van der Waals surface area contributed by atoms with Gasteiger partial charge >= 0.3 is 0 Å². The molecule has 1 heterocycles. The zero-order valence-corrected chi connectivity index (χ0v) is 11.6. The molecule has 0 spiro atoms. The fraction of sp³-hybridized carbons (Fsp3) is 0.929. The standard InChI is InChI=1S/C14H27N3O/c1-12(10-15)11-16-5-2-6-17(8-7-16)14(18)9-13-3-4-13/h12-13H,2-11,15H2,1H3. The molecule has 1 aliphatic carbocycles. The summed E-state index contributed by atoms with van der Waals surface area (Å²) in [5, 5.41) is 0. The van der Waals surface area contributed by atoms with Crippen LogP contribution in [-0.2, 0) is 4.79 Å². The van der Waals surface area contributed by atoms with Crippen molar-refractivity contribution in [2.45, 2.75) is 32.6 Å². The van der Waals surface area contributed by atoms with E-state index in [-0.39, 0.29) is 0 Å². The zero-order valence-electron chi connectivity index (χ0n) is 11.6. The van der Waals surface area contributed by atoms with Crippen LogP contribution in [0.1, 0.15) is 32.6 Å². The lowest BCUT2D eigenvalue weighted by Crippen LogP contribution is -2.37. The maximum Gasteiger partial charge on any atom is 0.222 e. The van der Waals surface area contributed by atoms with E-state index in [0.717, 1.165) is 52.1 Å². The summed E-state index contributed by atoms with van der Waals surface area (Å²) in [6, 6.07) is 0. The summed E-state index contributed by atoms with van der Waals surface area (Å²) in [6.07, 6.45) is 4.42. The van der Waals surface area contributed by atoms with E-state index in [2.05, 4.69) is 16.7 Å². The normalized spacial score (nSPS) is 23.8. The van der Waals surface area contributed by atoms with E-state index >= 15 is 0 Å². The van der Waals surface area contributed by atoms with Crippen molar-refractivity contribution in [3.05, 3.63) is 0 Å². The first-order chi connectivity index (χ1) is 8.69. The number of nitrogens with two attached hydrogens (primary N) is 1. The Labute approximate surface area is 110 Å². The average molecular weight is 253 g/mol. The second-order valence-electron chi connectivity index (χ2n) is 6.02. The maximum absolute atomic E-state index is 12.1. The van der Waals surface area contributed by atoms with Crippen LogP contribution in [0.4, 0.5) is 0 Å². The number of nitrogens with zero attached hydrogens (tertiary/aromatic N) is 2. The van der Waals surface area contributed by atoms with E-state index in [1.165, 1.54) is 12.8 Å². The van der Waals surface area contributed by atoms with Gasteiger partial charge in [-0.1, -0.05) is 6.92 Å². The molecule has 104 valence electrons. The molecule has 0 aromatic heterocycles. The van der Waals surface area contributed by atoms with Gasteiger partial charge in [0.15, 0.2) is 0 Å². The van der Waals surface area contributed by atoms with E-state index < -0.39 is 0 Å². The lowest BCUT2D eigenvalue weighted by atomic mass is 10.1. The molecule has 2 N–H and O–H groups in total. The van der Waals surface area contributed by atoms with Crippen molar-refractivity contribution in [2.75, 3.05) is 39.3 Å². The summed E-state index contributed by atoms with van der Waals surface area (Å²) in [5.41, 5.74) is 5.67. The molecule has 2 fully saturated rings. The van der Waals surface area contributed by atoms with E-state index in [1.54, 1.807) is 0 Å². The summed E-state index contributed by atoms with van der Waals surface area (Å²) in [5.74, 6) is 1.64. The summed E-state index contributed by atoms with van der Waals surface area (Å²) >= 11 is 0. The van der Waals surface area contributed by atoms with E-state index in [0.29, 0.717) is 17.7 Å². The molecule has 2 aliphatic rings. The molecule has 0 aromatic carbocycles. The number of carbonyl (C=O) groups is 1. The van der Waals surface area contributed by atoms with Gasteiger partial charge in [0, 0.05) is 32.6 Å². The largest absolute Gasteiger partial charge is 0.341 e. The van der Waals surface area contributed by atoms with Crippen LogP contribution < -0.4 is 5.73 Å². The van der Waals surface area contributed by atoms with Crippen molar-refractivity contribution in [1.29, 1.82) is 0 Å². The number of carbonyl (C=O) groups excluding carboxylic acids is 1. The first-order valence-corrected chi connectivity index (χ1v) is 7.39. The van der Waals surface area contributed by atoms with Crippen molar-refractivity contribution in [3.63, 3.8) is 0 Å². The van der Waals surface area contributed by atoms with Gasteiger partial charge in [-0.2, -0.15) is 0 Å². The van der Waals surface area contributed by atoms with E-state index in [1.807, 2.05) is 0 Å². The Morgan fingerprint density at radius 3 is 2.72 bits per heavy atom. The Hall–Kier alpha value is -0.610. The molecule has 2 rings (SSSR count). The topological polar surface area (TPSA) is 49.6 Å². The van der Waals surface area contributed by atoms with Gasteiger partial charge in [-0.25, -0.2) is 0 Å². The van der Waals surface area contributed by atoms with Crippen molar-refractivity contribution in [3.8, 4) is 0 Å². The fourth-order valence-corrected chi connectivity index (χ4v) is 2.62. The Balaban J connectivity index is 1.74. The molecular weight excluding hydrogens is 226 g/mol. The molecule has 1 unspecified atom stereocenters. The third-order valence-corrected chi connectivity index (χ3v) is 4.07. The average Bonchev–Trinajstić information content (AvgIpc) is 3.16. The smallest absolute Gasteiger partial charge is 0.222 e. The first-order valence-electron chi connectivity index (χ1n) is 7.39. The highest BCUT2D eigenvalue weighted by atomic mass is 16.2. The van der Waals surface area contributed by atoms with Crippen LogP contribution in [0.3, 0.4) is 0 Å². The molecular formula is C14H27N3O. The summed E-state index contributed by atoms with van der Waals surface area (Å²) in [4.78, 5) is 16.6. The summed E-state index contributed by atoms with van der Waals surface area (Å²) < 4.78 is 0. The van der Waals surface area contributed by atoms with Crippen molar-refractivity contribution in [2.24, 2.45) is 17.6 Å². The summed E-state index contributed by atoms with van der Waals surface area (Å²) in [7, 11) is 0. The lowest BCUT2D eigenvalue weighted by Gasteiger charge is -2.24. The van der Waals surface area contributed by atoms with Gasteiger partial charge in [-0.05, 0) is 44.2 Å². The number of rotatable bonds is 5. The van der Waals surface area contributed by atoms with Gasteiger partial charge < -0.3 is 15.5 Å². The molecule has 4 heteroatoms. The lowest BCUT2D eigenvalue weighted by molar-refractivity contribution is -0.131. The zero-order chi connectivity index (χ0) is 13.0. The van der Waals surface area contributed by atoms with Crippen molar-refractivity contribution in [1.82, 2.24) is 9.80 Å². The van der Waals surface area contributed by atoms with Crippen molar-refractivity contribution >= 4 is 5.91 Å². The van der Waals surface area contributed by atoms with Crippen LogP contribution in [0.5, 0.6) is 0 Å². The Morgan fingerprint density at radius 2 is 2.06 bits per heavy atom. The quantitative estimate of drug-likeness (QED) is 0.792. The Morgan fingerprint density at radius 1 is 1.28 bits per heavy atom. The van der Waals surface area contributed by atoms with E-state index in [9.17, 15) is 4.79 Å². The van der Waals surface area contributed by atoms with E-state index in [4.69, 9.17) is 5.73 Å². The first kappa shape index (κ1) is 13.8. The number of hydrogen-bond donors (Lipinski definition) is 1. The monoisotopic (exact) mass is 253 g/mol. The van der Waals surface area contributed by atoms with Crippen LogP contribution in [0.2, 0.25) is 0 Å². The van der Waals surface area contributed by atoms with Gasteiger partial charge in [0.1, 0.15) is 0 Å². The minimum Gasteiger partial charge on any atom is -0.341 e. The van der Waals surface area contributed by atoms with Crippen molar-refractivity contribution < 1.29 is 4.79 Å². The molecule has 1 aliphatic heterocycles. The predicted molar refractivity (Wildman–Crippen MR) is 73.2 cm³/mol. The van der Waals surface area contributed by atoms with Crippen LogP contribution >= 0.6 is 0 Å². The fourth-order valence-electron chi connectivity index (χ4n) is 2.62. The molecule has 0 aromatic rings. The minimum absolute atomic E-state index is 0.381. The molecule has 0 radical (unpaired) electrons. The highest BCUT2D eigenvalue weighted by Gasteiger charge is 2.27. The molecule has 1 atom stereocenters. The second kappa shape index (κ2) is 6.53. The SMILES string of the molecule is CC(CN)CN1CCCN(C(=O)CC2CC2)CC1. The molecule has 4 nitrogen and oxygen atoms in total. The summed E-state index contributed by atoms with van der Waals surface area (Å²) in [6.45, 7) is 7.99. The maximum atomic E-state index is 12.1. The van der Waals surface area contributed by atoms with Gasteiger partial charge in [0.25, 0.3) is 0 Å². The van der Waals surface area contributed by atoms with Gasteiger partial charge in [0.05, 0.1) is 0 Å². The second-order valence-corrected chi connectivity index (χ2v) is 6.02. The molecule has 0 bridgehead atoms. The van der Waals surface area contributed by atoms with Crippen LogP contribution in [0.25, 0.3) is 0 Å². The van der Waals surface area contributed by atoms with Gasteiger partial charge in [0.2, 0.25) is 5.91 Å². The highest BCUT2D eigenvalue weighted by molar-refractivity contribution is 5.76. The molecule has 1 saturated carbocycles. The Kier molecular flexibility index (Phi) is 5.01. The van der Waals surface area contributed by atoms with Crippen LogP contribution in [0.15, 0.2) is 0 Å². The van der Waals surface area contributed by atoms with Gasteiger partial charge in [-0.15, -0.1) is 0 Å². The Bertz CT molecular complexity index is 278. The highest BCUT2D eigenvalue weighted by Crippen LogP contribution is 2.32. The molecule has 1 saturated heterocycles. The van der Waals surface area contributed by atoms with Gasteiger partial charge in [-0.3, -0.25) is 4.79 Å². The number of hydrogen-bond acceptors (Lipinski definition) is 3. The minimum atomic E-state index is 0.381. The molecule has 1 amide bonds. The van der Waals surface area contributed by atoms with Crippen LogP contribution in [-0.4, -0.2) is 55.0 Å². The predicted octanol–water partition coefficient (Wildman–Crippen LogP) is 0.916. The van der Waals surface area contributed by atoms with Crippen LogP contribution in [0, 0.1) is 11.8 Å². The molecule has 18 heavy (non-hydrogen) atoms. The number of amides is 1. The third-order valence-electron chi connectivity index (χ3n) is 4.07.